The average Bonchev–Trinajstić information content (AvgIpc) is 3.22. The van der Waals surface area contributed by atoms with Crippen LogP contribution in [-0.4, -0.2) is 14.8 Å². The van der Waals surface area contributed by atoms with Crippen LogP contribution in [0.15, 0.2) is 158 Å². The number of nitrogens with zero attached hydrogens (tertiary/aromatic N) is 1. The van der Waals surface area contributed by atoms with Crippen molar-refractivity contribution in [2.24, 2.45) is 0 Å². The third-order valence-electron chi connectivity index (χ3n) is 12.2. The summed E-state index contributed by atoms with van der Waals surface area (Å²) in [7, 11) is -2.78. The zero-order chi connectivity index (χ0) is 38.7. The third kappa shape index (κ3) is 5.60. The first-order chi connectivity index (χ1) is 27.2. The molecule has 0 bridgehead atoms. The first-order valence-electron chi connectivity index (χ1n) is 20.4. The Hall–Kier alpha value is -5.58. The van der Waals surface area contributed by atoms with Gasteiger partial charge >= 0.3 is 0 Å². The maximum Gasteiger partial charge on any atom is 0.251 e. The smallest absolute Gasteiger partial charge is 0.251 e. The highest BCUT2D eigenvalue weighted by atomic mass is 28.3. The van der Waals surface area contributed by atoms with Gasteiger partial charge in [0.15, 0.2) is 8.07 Å². The zero-order valence-electron chi connectivity index (χ0n) is 33.7. The van der Waals surface area contributed by atoms with E-state index in [9.17, 15) is 0 Å². The molecule has 4 heteroatoms. The lowest BCUT2D eigenvalue weighted by Gasteiger charge is -2.45. The number of benzene rings is 7. The van der Waals surface area contributed by atoms with E-state index in [1.165, 1.54) is 70.8 Å². The summed E-state index contributed by atoms with van der Waals surface area (Å²) >= 11 is 0. The number of aryl methyl sites for hydroxylation is 1. The van der Waals surface area contributed by atoms with Crippen LogP contribution in [0.25, 0.3) is 0 Å². The summed E-state index contributed by atoms with van der Waals surface area (Å²) in [4.78, 5) is 2.51. The molecule has 0 spiro atoms. The van der Waals surface area contributed by atoms with Gasteiger partial charge in [0, 0.05) is 11.4 Å². The van der Waals surface area contributed by atoms with Crippen LogP contribution in [0.2, 0.25) is 0 Å². The van der Waals surface area contributed by atoms with Crippen molar-refractivity contribution in [1.29, 1.82) is 0 Å². The minimum Gasteiger partial charge on any atom is -0.456 e. The Morgan fingerprint density at radius 2 is 1.05 bits per heavy atom. The molecule has 9 rings (SSSR count). The van der Waals surface area contributed by atoms with Gasteiger partial charge in [-0.1, -0.05) is 186 Å². The van der Waals surface area contributed by atoms with Crippen molar-refractivity contribution in [3.05, 3.63) is 180 Å². The minimum atomic E-state index is -2.78. The van der Waals surface area contributed by atoms with Gasteiger partial charge in [0.25, 0.3) is 6.71 Å². The van der Waals surface area contributed by atoms with Gasteiger partial charge in [-0.25, -0.2) is 0 Å². The number of hydrogen-bond acceptors (Lipinski definition) is 2. The fraction of sp³-hybridized carbons (Fsp3) is 0.192. The SMILES string of the molecule is Cc1ccc2c(c1)[Si](c1ccccc1)(c1ccccc1)c1ccccc1N2c1cccc2c1Oc1ccccc1B2c1c(C(C)C)cc(C(C)C)cc1C(C)C. The van der Waals surface area contributed by atoms with Gasteiger partial charge in [-0.2, -0.15) is 0 Å². The highest BCUT2D eigenvalue weighted by Gasteiger charge is 2.49. The Labute approximate surface area is 334 Å². The van der Waals surface area contributed by atoms with Crippen LogP contribution in [0.5, 0.6) is 11.5 Å². The van der Waals surface area contributed by atoms with Gasteiger partial charge in [0.1, 0.15) is 11.5 Å². The van der Waals surface area contributed by atoms with E-state index >= 15 is 0 Å². The lowest BCUT2D eigenvalue weighted by atomic mass is 9.33. The molecule has 7 aromatic carbocycles. The van der Waals surface area contributed by atoms with Gasteiger partial charge in [-0.3, -0.25) is 0 Å². The summed E-state index contributed by atoms with van der Waals surface area (Å²) in [6.07, 6.45) is 0. The molecule has 2 aliphatic heterocycles. The molecule has 2 aliphatic rings. The van der Waals surface area contributed by atoms with Gasteiger partial charge in [0.05, 0.1) is 5.69 Å². The normalized spacial score (nSPS) is 14.0. The molecule has 0 saturated carbocycles. The first-order valence-corrected chi connectivity index (χ1v) is 22.4. The fourth-order valence-electron chi connectivity index (χ4n) is 9.63. The second-order valence-corrected chi connectivity index (χ2v) is 20.4. The Balaban J connectivity index is 1.35. The second-order valence-electron chi connectivity index (χ2n) is 16.7. The van der Waals surface area contributed by atoms with Crippen molar-refractivity contribution in [2.45, 2.75) is 66.2 Å². The van der Waals surface area contributed by atoms with Crippen molar-refractivity contribution < 1.29 is 4.74 Å². The fourth-order valence-corrected chi connectivity index (χ4v) is 14.8. The molecule has 0 fully saturated rings. The maximum absolute atomic E-state index is 7.22. The lowest BCUT2D eigenvalue weighted by molar-refractivity contribution is 0.488. The molecule has 0 saturated heterocycles. The molecule has 0 radical (unpaired) electrons. The van der Waals surface area contributed by atoms with Crippen LogP contribution in [0, 0.1) is 6.92 Å². The number of ether oxygens (including phenoxy) is 1. The molecule has 2 heterocycles. The second kappa shape index (κ2) is 14.2. The predicted molar refractivity (Wildman–Crippen MR) is 243 cm³/mol. The molecular weight excluding hydrogens is 693 g/mol. The van der Waals surface area contributed by atoms with Crippen LogP contribution < -0.4 is 46.8 Å². The van der Waals surface area contributed by atoms with Crippen LogP contribution in [0.3, 0.4) is 0 Å². The molecule has 276 valence electrons. The van der Waals surface area contributed by atoms with Crippen molar-refractivity contribution in [1.82, 2.24) is 0 Å². The van der Waals surface area contributed by atoms with Crippen molar-refractivity contribution in [3.63, 3.8) is 0 Å². The van der Waals surface area contributed by atoms with Gasteiger partial charge in [-0.05, 0) is 97.3 Å². The highest BCUT2D eigenvalue weighted by molar-refractivity contribution is 7.21. The van der Waals surface area contributed by atoms with E-state index in [0.717, 1.165) is 17.2 Å². The van der Waals surface area contributed by atoms with Crippen LogP contribution in [0.1, 0.15) is 81.5 Å². The van der Waals surface area contributed by atoms with E-state index < -0.39 is 8.07 Å². The lowest BCUT2D eigenvalue weighted by Crippen LogP contribution is -2.77. The van der Waals surface area contributed by atoms with E-state index in [1.807, 2.05) is 0 Å². The summed E-state index contributed by atoms with van der Waals surface area (Å²) in [5.74, 6) is 3.04. The van der Waals surface area contributed by atoms with Gasteiger partial charge in [-0.15, -0.1) is 0 Å². The summed E-state index contributed by atoms with van der Waals surface area (Å²) in [6, 6.07) is 59.4. The zero-order valence-corrected chi connectivity index (χ0v) is 34.7. The summed E-state index contributed by atoms with van der Waals surface area (Å²) < 4.78 is 7.22. The Morgan fingerprint density at radius 1 is 0.500 bits per heavy atom. The quantitative estimate of drug-likeness (QED) is 0.151. The highest BCUT2D eigenvalue weighted by Crippen LogP contribution is 2.44. The van der Waals surface area contributed by atoms with Crippen LogP contribution in [-0.2, 0) is 0 Å². The van der Waals surface area contributed by atoms with E-state index in [1.54, 1.807) is 0 Å². The van der Waals surface area contributed by atoms with E-state index in [-0.39, 0.29) is 6.71 Å². The topological polar surface area (TPSA) is 12.5 Å². The molecule has 0 atom stereocenters. The average molecular weight is 744 g/mol. The van der Waals surface area contributed by atoms with Gasteiger partial charge in [0.2, 0.25) is 0 Å². The molecule has 0 aliphatic carbocycles. The maximum atomic E-state index is 7.22. The Kier molecular flexibility index (Phi) is 9.13. The summed E-state index contributed by atoms with van der Waals surface area (Å²) in [5.41, 5.74) is 12.9. The molecule has 0 N–H and O–H groups in total. The molecule has 0 aromatic heterocycles. The molecular formula is C52H50BNOSi. The Morgan fingerprint density at radius 3 is 1.70 bits per heavy atom. The molecule has 0 amide bonds. The van der Waals surface area contributed by atoms with E-state index in [0.29, 0.717) is 17.8 Å². The van der Waals surface area contributed by atoms with E-state index in [4.69, 9.17) is 4.74 Å². The first kappa shape index (κ1) is 36.1. The molecule has 2 nitrogen and oxygen atoms in total. The van der Waals surface area contributed by atoms with Crippen molar-refractivity contribution >= 4 is 69.0 Å². The standard InChI is InChI=1S/C52H50BNOSi/c1-34(2)38-32-41(35(3)4)51(42(33-38)36(5)6)53-43-23-14-16-27-48(43)55-52-44(53)24-18-26-47(52)54-45-25-15-17-28-49(45)56(39-19-10-8-11-20-39,40-21-12-9-13-22-40)50-31-37(7)29-30-46(50)54/h8-36H,1-7H3. The van der Waals surface area contributed by atoms with Crippen LogP contribution in [0.4, 0.5) is 17.1 Å². The Bertz CT molecular complexity index is 2510. The predicted octanol–water partition coefficient (Wildman–Crippen LogP) is 9.15. The number of para-hydroxylation sites is 3. The van der Waals surface area contributed by atoms with Crippen LogP contribution >= 0.6 is 0 Å². The number of rotatable bonds is 7. The summed E-state index contributed by atoms with van der Waals surface area (Å²) in [6.45, 7) is 16.3. The minimum absolute atomic E-state index is 0.0190. The summed E-state index contributed by atoms with van der Waals surface area (Å²) in [5, 5.41) is 5.55. The monoisotopic (exact) mass is 743 g/mol. The van der Waals surface area contributed by atoms with E-state index in [2.05, 4.69) is 211 Å². The number of fused-ring (bicyclic) bond motifs is 4. The largest absolute Gasteiger partial charge is 0.456 e. The molecule has 0 unspecified atom stereocenters. The molecule has 56 heavy (non-hydrogen) atoms. The number of hydrogen-bond donors (Lipinski definition) is 0. The van der Waals surface area contributed by atoms with Crippen molar-refractivity contribution in [3.8, 4) is 11.5 Å². The molecule has 7 aromatic rings. The third-order valence-corrected chi connectivity index (χ3v) is 17.1. The van der Waals surface area contributed by atoms with Gasteiger partial charge < -0.3 is 9.64 Å². The van der Waals surface area contributed by atoms with Crippen molar-refractivity contribution in [2.75, 3.05) is 4.90 Å². The number of anilines is 3.